The summed E-state index contributed by atoms with van der Waals surface area (Å²) in [5.74, 6) is 0.847. The Kier molecular flexibility index (Phi) is 7.24. The van der Waals surface area contributed by atoms with Crippen molar-refractivity contribution in [1.29, 1.82) is 0 Å². The van der Waals surface area contributed by atoms with Crippen molar-refractivity contribution in [2.45, 2.75) is 50.5 Å². The molecule has 1 aromatic heterocycles. The van der Waals surface area contributed by atoms with E-state index in [1.165, 1.54) is 18.4 Å². The second kappa shape index (κ2) is 9.58. The highest BCUT2D eigenvalue weighted by Crippen LogP contribution is 2.22. The van der Waals surface area contributed by atoms with Crippen molar-refractivity contribution >= 4 is 32.9 Å². The topological polar surface area (TPSA) is 105 Å². The molecule has 1 aliphatic rings. The second-order valence-corrected chi connectivity index (χ2v) is 11.0. The Hall–Kier alpha value is -2.46. The maximum atomic E-state index is 12.5. The Morgan fingerprint density at radius 2 is 1.88 bits per heavy atom. The van der Waals surface area contributed by atoms with Crippen molar-refractivity contribution in [2.24, 2.45) is 13.0 Å². The highest BCUT2D eigenvalue weighted by atomic mass is 32.2. The van der Waals surface area contributed by atoms with Gasteiger partial charge in [-0.25, -0.2) is 17.7 Å². The van der Waals surface area contributed by atoms with Gasteiger partial charge >= 0.3 is 0 Å². The minimum Gasteiger partial charge on any atom is -0.353 e. The number of sulfonamides is 1. The van der Waals surface area contributed by atoms with Crippen LogP contribution >= 0.6 is 0 Å². The molecule has 10 heteroatoms. The van der Waals surface area contributed by atoms with E-state index in [9.17, 15) is 18.0 Å². The average Bonchev–Trinajstić information content (AvgIpc) is 3.07. The number of nitrogens with one attached hydrogen (secondary N) is 1. The number of carbonyl (C=O) groups excluding carboxylic acids is 2. The van der Waals surface area contributed by atoms with Crippen molar-refractivity contribution in [3.05, 3.63) is 24.0 Å². The standard InChI is InChI=1S/C22H33N5O4S/c1-15(2)22(29)27-12-10-16(11-13-27)23-21(28)9-8-20-24-18-14-17(32(30,31)25(3)4)6-7-19(18)26(20)5/h6-7,14-16H,8-13H2,1-5H3,(H,23,28). The van der Waals surface area contributed by atoms with Crippen LogP contribution in [0.3, 0.4) is 0 Å². The first-order valence-electron chi connectivity index (χ1n) is 11.0. The van der Waals surface area contributed by atoms with E-state index in [2.05, 4.69) is 10.3 Å². The number of hydrogen-bond acceptors (Lipinski definition) is 5. The van der Waals surface area contributed by atoms with Crippen LogP contribution in [0.4, 0.5) is 0 Å². The molecule has 0 aliphatic carbocycles. The number of benzene rings is 1. The molecule has 2 heterocycles. The summed E-state index contributed by atoms with van der Waals surface area (Å²) in [6.45, 7) is 5.15. The molecular formula is C22H33N5O4S. The van der Waals surface area contributed by atoms with Crippen molar-refractivity contribution in [2.75, 3.05) is 27.2 Å². The highest BCUT2D eigenvalue weighted by molar-refractivity contribution is 7.89. The van der Waals surface area contributed by atoms with Gasteiger partial charge in [-0.15, -0.1) is 0 Å². The molecule has 0 unspecified atom stereocenters. The number of hydrogen-bond donors (Lipinski definition) is 1. The van der Waals surface area contributed by atoms with Crippen LogP contribution in [-0.4, -0.2) is 72.2 Å². The minimum atomic E-state index is -3.53. The van der Waals surface area contributed by atoms with E-state index in [-0.39, 0.29) is 28.7 Å². The smallest absolute Gasteiger partial charge is 0.242 e. The third-order valence-electron chi connectivity index (χ3n) is 5.96. The number of nitrogens with zero attached hydrogens (tertiary/aromatic N) is 4. The normalized spacial score (nSPS) is 15.7. The van der Waals surface area contributed by atoms with Crippen LogP contribution in [0.5, 0.6) is 0 Å². The van der Waals surface area contributed by atoms with Crippen LogP contribution in [0.2, 0.25) is 0 Å². The van der Waals surface area contributed by atoms with Gasteiger partial charge in [0.25, 0.3) is 0 Å². The molecule has 2 aromatic rings. The first-order valence-corrected chi connectivity index (χ1v) is 12.4. The number of aryl methyl sites for hydroxylation is 2. The molecule has 3 rings (SSSR count). The number of carbonyl (C=O) groups is 2. The molecule has 9 nitrogen and oxygen atoms in total. The summed E-state index contributed by atoms with van der Waals surface area (Å²) in [6, 6.07) is 4.97. The van der Waals surface area contributed by atoms with Crippen LogP contribution in [0, 0.1) is 5.92 Å². The number of rotatable bonds is 7. The number of aromatic nitrogens is 2. The monoisotopic (exact) mass is 463 g/mol. The SMILES string of the molecule is CC(C)C(=O)N1CCC(NC(=O)CCc2nc3cc(S(=O)(=O)N(C)C)ccc3n2C)CC1. The molecule has 0 saturated carbocycles. The van der Waals surface area contributed by atoms with Crippen LogP contribution < -0.4 is 5.32 Å². The Morgan fingerprint density at radius 3 is 2.47 bits per heavy atom. The second-order valence-electron chi connectivity index (χ2n) is 8.85. The fourth-order valence-electron chi connectivity index (χ4n) is 3.96. The zero-order valence-corrected chi connectivity index (χ0v) is 20.3. The maximum absolute atomic E-state index is 12.5. The van der Waals surface area contributed by atoms with Crippen LogP contribution in [0.25, 0.3) is 11.0 Å². The Bertz CT molecular complexity index is 1100. The summed E-state index contributed by atoms with van der Waals surface area (Å²) in [6.07, 6.45) is 2.28. The summed E-state index contributed by atoms with van der Waals surface area (Å²) in [7, 11) is 1.32. The number of imidazole rings is 1. The van der Waals surface area contributed by atoms with E-state index < -0.39 is 10.0 Å². The minimum absolute atomic E-state index is 0.00601. The number of fused-ring (bicyclic) bond motifs is 1. The van der Waals surface area contributed by atoms with Crippen LogP contribution in [-0.2, 0) is 33.1 Å². The van der Waals surface area contributed by atoms with Gasteiger partial charge in [-0.3, -0.25) is 9.59 Å². The molecular weight excluding hydrogens is 430 g/mol. The summed E-state index contributed by atoms with van der Waals surface area (Å²) in [4.78, 5) is 31.2. The predicted octanol–water partition coefficient (Wildman–Crippen LogP) is 1.52. The van der Waals surface area contributed by atoms with E-state index in [1.807, 2.05) is 30.4 Å². The third-order valence-corrected chi connectivity index (χ3v) is 7.78. The third kappa shape index (κ3) is 5.12. The van der Waals surface area contributed by atoms with Gasteiger partial charge in [-0.1, -0.05) is 13.8 Å². The number of likely N-dealkylation sites (tertiary alicyclic amines) is 1. The summed E-state index contributed by atoms with van der Waals surface area (Å²) in [5.41, 5.74) is 1.41. The molecule has 0 radical (unpaired) electrons. The molecule has 1 fully saturated rings. The zero-order chi connectivity index (χ0) is 23.6. The molecule has 2 amide bonds. The quantitative estimate of drug-likeness (QED) is 0.670. The van der Waals surface area contributed by atoms with E-state index in [0.717, 1.165) is 24.2 Å². The van der Waals surface area contributed by atoms with Crippen molar-refractivity contribution in [1.82, 2.24) is 24.1 Å². The van der Waals surface area contributed by atoms with E-state index in [0.29, 0.717) is 31.4 Å². The summed E-state index contributed by atoms with van der Waals surface area (Å²) in [5, 5.41) is 3.07. The fourth-order valence-corrected chi connectivity index (χ4v) is 4.88. The lowest BCUT2D eigenvalue weighted by Crippen LogP contribution is -2.47. The first kappa shape index (κ1) is 24.2. The lowest BCUT2D eigenvalue weighted by molar-refractivity contribution is -0.135. The van der Waals surface area contributed by atoms with Gasteiger partial charge in [0.05, 0.1) is 15.9 Å². The molecule has 1 aliphatic heterocycles. The summed E-state index contributed by atoms with van der Waals surface area (Å²) >= 11 is 0. The molecule has 1 N–H and O–H groups in total. The first-order chi connectivity index (χ1) is 15.0. The van der Waals surface area contributed by atoms with Crippen molar-refractivity contribution in [3.63, 3.8) is 0 Å². The molecule has 0 atom stereocenters. The zero-order valence-electron chi connectivity index (χ0n) is 19.5. The summed E-state index contributed by atoms with van der Waals surface area (Å²) < 4.78 is 27.8. The van der Waals surface area contributed by atoms with Gasteiger partial charge in [0.1, 0.15) is 5.82 Å². The van der Waals surface area contributed by atoms with E-state index >= 15 is 0 Å². The number of amides is 2. The lowest BCUT2D eigenvalue weighted by atomic mass is 10.0. The largest absolute Gasteiger partial charge is 0.353 e. The van der Waals surface area contributed by atoms with Crippen LogP contribution in [0.15, 0.2) is 23.1 Å². The van der Waals surface area contributed by atoms with E-state index in [1.54, 1.807) is 18.2 Å². The van der Waals surface area contributed by atoms with Gasteiger partial charge < -0.3 is 14.8 Å². The number of piperidine rings is 1. The maximum Gasteiger partial charge on any atom is 0.242 e. The molecule has 0 spiro atoms. The van der Waals surface area contributed by atoms with Crippen LogP contribution in [0.1, 0.15) is 38.9 Å². The van der Waals surface area contributed by atoms with Gasteiger partial charge in [0, 0.05) is 59.0 Å². The predicted molar refractivity (Wildman–Crippen MR) is 122 cm³/mol. The molecule has 0 bridgehead atoms. The lowest BCUT2D eigenvalue weighted by Gasteiger charge is -2.33. The Balaban J connectivity index is 1.58. The Labute approximate surface area is 189 Å². The van der Waals surface area contributed by atoms with Gasteiger partial charge in [-0.2, -0.15) is 0 Å². The Morgan fingerprint density at radius 1 is 1.22 bits per heavy atom. The molecule has 1 aromatic carbocycles. The molecule has 1 saturated heterocycles. The molecule has 176 valence electrons. The average molecular weight is 464 g/mol. The van der Waals surface area contributed by atoms with Gasteiger partial charge in [0.2, 0.25) is 21.8 Å². The van der Waals surface area contributed by atoms with Crippen molar-refractivity contribution < 1.29 is 18.0 Å². The molecule has 32 heavy (non-hydrogen) atoms. The highest BCUT2D eigenvalue weighted by Gasteiger charge is 2.25. The van der Waals surface area contributed by atoms with Crippen molar-refractivity contribution in [3.8, 4) is 0 Å². The fraction of sp³-hybridized carbons (Fsp3) is 0.591. The van der Waals surface area contributed by atoms with Gasteiger partial charge in [0.15, 0.2) is 0 Å². The van der Waals surface area contributed by atoms with E-state index in [4.69, 9.17) is 0 Å². The van der Waals surface area contributed by atoms with Gasteiger partial charge in [-0.05, 0) is 31.0 Å².